The first kappa shape index (κ1) is 26.2. The minimum Gasteiger partial charge on any atom is -0.504 e. The predicted octanol–water partition coefficient (Wildman–Crippen LogP) is 2.16. The van der Waals surface area contributed by atoms with Gasteiger partial charge in [0.1, 0.15) is 11.4 Å². The Balaban J connectivity index is 1.23. The number of anilines is 1. The number of phenols is 1. The quantitative estimate of drug-likeness (QED) is 0.294. The van der Waals surface area contributed by atoms with Crippen molar-refractivity contribution in [2.75, 3.05) is 44.7 Å². The first-order valence-corrected chi connectivity index (χ1v) is 12.5. The fraction of sp³-hybridized carbons (Fsp3) is 0.333. The Bertz CT molecular complexity index is 1530. The Morgan fingerprint density at radius 1 is 1.18 bits per heavy atom. The number of carboxylic acid groups (broad SMARTS) is 1. The summed E-state index contributed by atoms with van der Waals surface area (Å²) in [4.78, 5) is 40.4. The molecule has 2 aliphatic rings. The van der Waals surface area contributed by atoms with Crippen LogP contribution >= 0.6 is 0 Å². The molecule has 3 N–H and O–H groups in total. The predicted molar refractivity (Wildman–Crippen MR) is 142 cm³/mol. The van der Waals surface area contributed by atoms with Gasteiger partial charge < -0.3 is 24.4 Å². The lowest BCUT2D eigenvalue weighted by Crippen LogP contribution is -2.49. The van der Waals surface area contributed by atoms with Crippen molar-refractivity contribution >= 4 is 34.7 Å². The largest absolute Gasteiger partial charge is 0.504 e. The zero-order valence-corrected chi connectivity index (χ0v) is 21.3. The van der Waals surface area contributed by atoms with Crippen LogP contribution in [0.15, 0.2) is 46.4 Å². The lowest BCUT2D eigenvalue weighted by molar-refractivity contribution is -0.122. The molecule has 0 spiro atoms. The molecule has 0 radical (unpaired) electrons. The number of hydrogen-bond acceptors (Lipinski definition) is 8. The second-order valence-corrected chi connectivity index (χ2v) is 9.62. The molecule has 1 saturated heterocycles. The third-order valence-corrected chi connectivity index (χ3v) is 6.96. The van der Waals surface area contributed by atoms with E-state index in [1.807, 2.05) is 9.80 Å². The number of benzene rings is 2. The third-order valence-electron chi connectivity index (χ3n) is 6.96. The summed E-state index contributed by atoms with van der Waals surface area (Å²) in [6, 6.07) is 7.56. The molecule has 11 nitrogen and oxygen atoms in total. The molecule has 0 bridgehead atoms. The number of hydrogen-bond donors (Lipinski definition) is 3. The summed E-state index contributed by atoms with van der Waals surface area (Å²) in [6.07, 6.45) is 4.56. The molecule has 2 fully saturated rings. The highest BCUT2D eigenvalue weighted by Gasteiger charge is 2.28. The van der Waals surface area contributed by atoms with E-state index in [0.717, 1.165) is 18.9 Å². The van der Waals surface area contributed by atoms with Crippen LogP contribution in [-0.4, -0.2) is 77.6 Å². The number of amides is 1. The normalized spacial score (nSPS) is 16.1. The number of fused-ring (bicyclic) bond motifs is 1. The molecule has 12 heteroatoms. The van der Waals surface area contributed by atoms with Crippen molar-refractivity contribution in [3.05, 3.63) is 63.7 Å². The number of nitrogens with zero attached hydrogens (tertiary/aromatic N) is 4. The average Bonchev–Trinajstić information content (AvgIpc) is 3.76. The van der Waals surface area contributed by atoms with Crippen LogP contribution in [0.3, 0.4) is 0 Å². The van der Waals surface area contributed by atoms with E-state index in [1.165, 1.54) is 25.6 Å². The summed E-state index contributed by atoms with van der Waals surface area (Å²) in [5.74, 6) is -1.91. The van der Waals surface area contributed by atoms with E-state index in [0.29, 0.717) is 48.7 Å². The summed E-state index contributed by atoms with van der Waals surface area (Å²) < 4.78 is 22.0. The molecule has 1 amide bonds. The Morgan fingerprint density at radius 2 is 1.92 bits per heavy atom. The van der Waals surface area contributed by atoms with Crippen LogP contribution in [0.1, 0.15) is 34.8 Å². The van der Waals surface area contributed by atoms with Gasteiger partial charge in [0.2, 0.25) is 5.43 Å². The molecule has 2 aromatic carbocycles. The van der Waals surface area contributed by atoms with Crippen molar-refractivity contribution in [3.63, 3.8) is 0 Å². The van der Waals surface area contributed by atoms with E-state index < -0.39 is 17.2 Å². The smallest absolute Gasteiger partial charge is 0.341 e. The van der Waals surface area contributed by atoms with Gasteiger partial charge >= 0.3 is 5.97 Å². The van der Waals surface area contributed by atoms with Gasteiger partial charge in [0.15, 0.2) is 11.5 Å². The van der Waals surface area contributed by atoms with E-state index in [2.05, 4.69) is 10.5 Å². The molecule has 1 aliphatic heterocycles. The zero-order valence-electron chi connectivity index (χ0n) is 21.3. The molecule has 1 aliphatic carbocycles. The second kappa shape index (κ2) is 10.7. The number of aromatic hydroxyl groups is 1. The molecule has 39 heavy (non-hydrogen) atoms. The summed E-state index contributed by atoms with van der Waals surface area (Å²) >= 11 is 0. The number of phenolic OH excluding ortho intramolecular Hbond substituents is 1. The third kappa shape index (κ3) is 5.55. The lowest BCUT2D eigenvalue weighted by atomic mass is 10.1. The highest BCUT2D eigenvalue weighted by atomic mass is 19.1. The van der Waals surface area contributed by atoms with E-state index in [1.54, 1.807) is 22.8 Å². The summed E-state index contributed by atoms with van der Waals surface area (Å²) in [6.45, 7) is 2.07. The lowest BCUT2D eigenvalue weighted by Gasteiger charge is -2.36. The summed E-state index contributed by atoms with van der Waals surface area (Å²) in [5.41, 5.74) is 2.94. The number of carbonyl (C=O) groups is 2. The minimum atomic E-state index is -1.33. The Labute approximate surface area is 222 Å². The number of piperazine rings is 1. The standard InChI is InChI=1S/C27H28FN5O6/c1-39-24-10-16(2-5-23(24)34)13-29-30-25(35)15-31-6-8-32(9-7-31)22-12-21-18(11-20(22)28)26(36)19(27(37)38)14-33(21)17-3-4-17/h2,5,10-14,17,34H,3-4,6-9,15H2,1H3,(H,30,35)(H,37,38)/b29-13+. The van der Waals surface area contributed by atoms with Crippen LogP contribution in [0.2, 0.25) is 0 Å². The van der Waals surface area contributed by atoms with E-state index in [9.17, 15) is 24.6 Å². The van der Waals surface area contributed by atoms with E-state index >= 15 is 4.39 Å². The molecule has 3 aromatic rings. The topological polar surface area (TPSA) is 137 Å². The van der Waals surface area contributed by atoms with Crippen LogP contribution in [-0.2, 0) is 4.79 Å². The number of methoxy groups -OCH3 is 1. The van der Waals surface area contributed by atoms with Crippen molar-refractivity contribution in [1.29, 1.82) is 0 Å². The summed E-state index contributed by atoms with van der Waals surface area (Å²) in [5, 5.41) is 23.1. The summed E-state index contributed by atoms with van der Waals surface area (Å²) in [7, 11) is 1.44. The SMILES string of the molecule is COc1cc(/C=N/NC(=O)CN2CCN(c3cc4c(cc3F)c(=O)c(C(=O)O)cn4C3CC3)CC2)ccc1O. The second-order valence-electron chi connectivity index (χ2n) is 9.62. The van der Waals surface area contributed by atoms with Gasteiger partial charge in [-0.3, -0.25) is 14.5 Å². The first-order chi connectivity index (χ1) is 18.7. The van der Waals surface area contributed by atoms with Gasteiger partial charge in [0, 0.05) is 43.8 Å². The van der Waals surface area contributed by atoms with Crippen molar-refractivity contribution in [2.45, 2.75) is 18.9 Å². The average molecular weight is 538 g/mol. The Kier molecular flexibility index (Phi) is 7.20. The van der Waals surface area contributed by atoms with Crippen LogP contribution in [0.4, 0.5) is 10.1 Å². The Hall–Kier alpha value is -4.45. The fourth-order valence-corrected chi connectivity index (χ4v) is 4.75. The maximum absolute atomic E-state index is 15.2. The molecular weight excluding hydrogens is 509 g/mol. The minimum absolute atomic E-state index is 0.00554. The van der Waals surface area contributed by atoms with Crippen molar-refractivity contribution < 1.29 is 28.9 Å². The van der Waals surface area contributed by atoms with Gasteiger partial charge in [-0.05, 0) is 48.7 Å². The zero-order chi connectivity index (χ0) is 27.7. The maximum Gasteiger partial charge on any atom is 0.341 e. The van der Waals surface area contributed by atoms with Gasteiger partial charge in [0.25, 0.3) is 5.91 Å². The fourth-order valence-electron chi connectivity index (χ4n) is 4.75. The van der Waals surface area contributed by atoms with E-state index in [-0.39, 0.29) is 35.2 Å². The molecular formula is C27H28FN5O6. The number of nitrogens with one attached hydrogen (secondary N) is 1. The number of ether oxygens (including phenoxy) is 1. The molecule has 5 rings (SSSR count). The Morgan fingerprint density at radius 3 is 2.59 bits per heavy atom. The molecule has 0 unspecified atom stereocenters. The highest BCUT2D eigenvalue weighted by Crippen LogP contribution is 2.38. The molecule has 0 atom stereocenters. The maximum atomic E-state index is 15.2. The van der Waals surface area contributed by atoms with Crippen LogP contribution in [0.25, 0.3) is 10.9 Å². The van der Waals surface area contributed by atoms with Gasteiger partial charge in [0.05, 0.1) is 31.1 Å². The van der Waals surface area contributed by atoms with E-state index in [4.69, 9.17) is 4.74 Å². The van der Waals surface area contributed by atoms with Gasteiger partial charge in [-0.2, -0.15) is 5.10 Å². The number of carboxylic acids is 1. The molecule has 2 heterocycles. The van der Waals surface area contributed by atoms with Crippen LogP contribution in [0, 0.1) is 5.82 Å². The number of hydrazone groups is 1. The highest BCUT2D eigenvalue weighted by molar-refractivity contribution is 5.93. The number of aromatic nitrogens is 1. The number of rotatable bonds is 8. The monoisotopic (exact) mass is 537 g/mol. The number of halogens is 1. The van der Waals surface area contributed by atoms with Gasteiger partial charge in [-0.25, -0.2) is 14.6 Å². The van der Waals surface area contributed by atoms with Gasteiger partial charge in [-0.15, -0.1) is 0 Å². The van der Waals surface area contributed by atoms with Crippen LogP contribution < -0.4 is 20.5 Å². The number of aromatic carboxylic acids is 1. The number of pyridine rings is 1. The van der Waals surface area contributed by atoms with Crippen LogP contribution in [0.5, 0.6) is 11.5 Å². The molecule has 1 saturated carbocycles. The molecule has 1 aromatic heterocycles. The van der Waals surface area contributed by atoms with Gasteiger partial charge in [-0.1, -0.05) is 0 Å². The first-order valence-electron chi connectivity index (χ1n) is 12.5. The van der Waals surface area contributed by atoms with Crippen molar-refractivity contribution in [1.82, 2.24) is 14.9 Å². The molecule has 204 valence electrons. The number of carbonyl (C=O) groups excluding carboxylic acids is 1. The van der Waals surface area contributed by atoms with Crippen molar-refractivity contribution in [3.8, 4) is 11.5 Å². The van der Waals surface area contributed by atoms with Crippen molar-refractivity contribution in [2.24, 2.45) is 5.10 Å².